The molecule has 1 aromatic heterocycles. The summed E-state index contributed by atoms with van der Waals surface area (Å²) in [6, 6.07) is 16.4. The van der Waals surface area contributed by atoms with Crippen LogP contribution in [0.2, 0.25) is 0 Å². The molecule has 3 rings (SSSR count). The van der Waals surface area contributed by atoms with E-state index in [-0.39, 0.29) is 29.6 Å². The van der Waals surface area contributed by atoms with Crippen molar-refractivity contribution >= 4 is 11.7 Å². The molecule has 2 atom stereocenters. The van der Waals surface area contributed by atoms with Gasteiger partial charge in [0.05, 0.1) is 6.04 Å². The van der Waals surface area contributed by atoms with Gasteiger partial charge in [-0.25, -0.2) is 0 Å². The first kappa shape index (κ1) is 29.1. The Balaban J connectivity index is 1.99. The Kier molecular flexibility index (Phi) is 9.81. The van der Waals surface area contributed by atoms with E-state index in [2.05, 4.69) is 43.4 Å². The summed E-state index contributed by atoms with van der Waals surface area (Å²) in [7, 11) is 3.93. The number of nitrogens with one attached hydrogen (secondary N) is 1. The summed E-state index contributed by atoms with van der Waals surface area (Å²) in [5.41, 5.74) is 6.15. The molecule has 0 aliphatic heterocycles. The first-order valence-corrected chi connectivity index (χ1v) is 13.3. The van der Waals surface area contributed by atoms with E-state index >= 15 is 0 Å². The fourth-order valence-corrected chi connectivity index (χ4v) is 5.03. The van der Waals surface area contributed by atoms with Crippen LogP contribution < -0.4 is 10.9 Å². The van der Waals surface area contributed by atoms with E-state index in [1.54, 1.807) is 16.8 Å². The molecule has 1 amide bonds. The summed E-state index contributed by atoms with van der Waals surface area (Å²) >= 11 is 0. The molecule has 1 unspecified atom stereocenters. The van der Waals surface area contributed by atoms with Gasteiger partial charge in [0.25, 0.3) is 5.56 Å². The number of nitrogens with zero attached hydrogens (tertiary/aromatic N) is 2. The number of aromatic nitrogens is 1. The van der Waals surface area contributed by atoms with E-state index in [4.69, 9.17) is 0 Å². The lowest BCUT2D eigenvalue weighted by atomic mass is 9.92. The lowest BCUT2D eigenvalue weighted by Gasteiger charge is -2.26. The van der Waals surface area contributed by atoms with Crippen molar-refractivity contribution in [2.24, 2.45) is 5.92 Å². The Labute approximate surface area is 226 Å². The molecule has 0 spiro atoms. The Morgan fingerprint density at radius 2 is 1.63 bits per heavy atom. The molecule has 6 nitrogen and oxygen atoms in total. The van der Waals surface area contributed by atoms with Crippen molar-refractivity contribution in [2.45, 2.75) is 66.1 Å². The maximum Gasteiger partial charge on any atom is 0.251 e. The Morgan fingerprint density at radius 3 is 2.24 bits per heavy atom. The first-order valence-electron chi connectivity index (χ1n) is 13.3. The minimum atomic E-state index is -0.680. The number of pyridine rings is 1. The molecule has 0 aliphatic carbocycles. The number of benzene rings is 2. The van der Waals surface area contributed by atoms with Gasteiger partial charge < -0.3 is 14.8 Å². The smallest absolute Gasteiger partial charge is 0.251 e. The summed E-state index contributed by atoms with van der Waals surface area (Å²) in [5.74, 6) is -0.0846. The Hall–Kier alpha value is -3.51. The zero-order chi connectivity index (χ0) is 28.0. The van der Waals surface area contributed by atoms with Crippen molar-refractivity contribution in [2.75, 3.05) is 14.1 Å². The highest BCUT2D eigenvalue weighted by Crippen LogP contribution is 2.30. The molecule has 6 heteroatoms. The number of ketones is 1. The van der Waals surface area contributed by atoms with Crippen LogP contribution in [0.1, 0.15) is 68.0 Å². The van der Waals surface area contributed by atoms with Gasteiger partial charge in [-0.1, -0.05) is 56.3 Å². The van der Waals surface area contributed by atoms with Crippen LogP contribution >= 0.6 is 0 Å². The Bertz CT molecular complexity index is 1320. The molecule has 0 aliphatic rings. The predicted molar refractivity (Wildman–Crippen MR) is 154 cm³/mol. The predicted octanol–water partition coefficient (Wildman–Crippen LogP) is 5.62. The molecule has 0 saturated carbocycles. The van der Waals surface area contributed by atoms with Gasteiger partial charge in [-0.2, -0.15) is 0 Å². The topological polar surface area (TPSA) is 71.4 Å². The van der Waals surface area contributed by atoms with Crippen LogP contribution in [0.25, 0.3) is 11.1 Å². The average molecular weight is 516 g/mol. The highest BCUT2D eigenvalue weighted by molar-refractivity contribution is 5.83. The number of rotatable bonds is 11. The summed E-state index contributed by atoms with van der Waals surface area (Å²) in [5, 5.41) is 3.13. The third-order valence-electron chi connectivity index (χ3n) is 6.70. The fourth-order valence-electron chi connectivity index (χ4n) is 5.03. The van der Waals surface area contributed by atoms with Crippen molar-refractivity contribution in [3.05, 3.63) is 93.4 Å². The zero-order valence-electron chi connectivity index (χ0n) is 23.7. The first-order chi connectivity index (χ1) is 18.0. The summed E-state index contributed by atoms with van der Waals surface area (Å²) in [4.78, 5) is 41.0. The second kappa shape index (κ2) is 12.8. The molecular formula is C32H41N3O3. The number of aryl methyl sites for hydroxylation is 2. The molecule has 2 aromatic carbocycles. The maximum atomic E-state index is 13.8. The molecule has 0 fully saturated rings. The van der Waals surface area contributed by atoms with Crippen molar-refractivity contribution < 1.29 is 9.59 Å². The fraction of sp³-hybridized carbons (Fsp3) is 0.406. The molecule has 38 heavy (non-hydrogen) atoms. The normalized spacial score (nSPS) is 13.0. The average Bonchev–Trinajstić information content (AvgIpc) is 2.83. The maximum absolute atomic E-state index is 13.8. The largest absolute Gasteiger partial charge is 0.347 e. The minimum absolute atomic E-state index is 0.0154. The van der Waals surface area contributed by atoms with Gasteiger partial charge >= 0.3 is 0 Å². The van der Waals surface area contributed by atoms with Gasteiger partial charge in [0.1, 0.15) is 11.8 Å². The van der Waals surface area contributed by atoms with E-state index in [1.165, 1.54) is 24.1 Å². The van der Waals surface area contributed by atoms with Crippen LogP contribution in [0, 0.1) is 19.8 Å². The van der Waals surface area contributed by atoms with Crippen LogP contribution in [-0.4, -0.2) is 35.3 Å². The van der Waals surface area contributed by atoms with Crippen molar-refractivity contribution in [3.63, 3.8) is 0 Å². The van der Waals surface area contributed by atoms with Crippen molar-refractivity contribution in [1.82, 2.24) is 14.8 Å². The molecule has 202 valence electrons. The number of amides is 1. The van der Waals surface area contributed by atoms with Gasteiger partial charge in [0, 0.05) is 25.2 Å². The third kappa shape index (κ3) is 7.51. The van der Waals surface area contributed by atoms with Crippen LogP contribution in [0.3, 0.4) is 0 Å². The van der Waals surface area contributed by atoms with E-state index < -0.39 is 12.1 Å². The highest BCUT2D eigenvalue weighted by atomic mass is 16.2. The number of hydrogen-bond donors (Lipinski definition) is 1. The molecular weight excluding hydrogens is 474 g/mol. The SMILES string of the molecule is CC(=O)C[C@H](NC(=O)C(CC(C)C)n1cc(CN(C)C)ccc1=O)c1cccc(-c2c(C)cccc2C)c1. The van der Waals surface area contributed by atoms with Crippen LogP contribution in [0.5, 0.6) is 0 Å². The number of carbonyl (C=O) groups excluding carboxylic acids is 2. The van der Waals surface area contributed by atoms with Crippen LogP contribution in [0.15, 0.2) is 65.6 Å². The van der Waals surface area contributed by atoms with E-state index in [1.807, 2.05) is 51.0 Å². The van der Waals surface area contributed by atoms with Gasteiger partial charge in [-0.15, -0.1) is 0 Å². The second-order valence-electron chi connectivity index (χ2n) is 11.0. The molecule has 0 radical (unpaired) electrons. The second-order valence-corrected chi connectivity index (χ2v) is 11.0. The van der Waals surface area contributed by atoms with E-state index in [9.17, 15) is 14.4 Å². The van der Waals surface area contributed by atoms with Gasteiger partial charge in [0.2, 0.25) is 5.91 Å². The van der Waals surface area contributed by atoms with E-state index in [0.29, 0.717) is 13.0 Å². The van der Waals surface area contributed by atoms with Crippen molar-refractivity contribution in [3.8, 4) is 11.1 Å². The lowest BCUT2D eigenvalue weighted by Crippen LogP contribution is -2.40. The molecule has 0 saturated heterocycles. The van der Waals surface area contributed by atoms with Gasteiger partial charge in [0.15, 0.2) is 0 Å². The van der Waals surface area contributed by atoms with E-state index in [0.717, 1.165) is 22.3 Å². The lowest BCUT2D eigenvalue weighted by molar-refractivity contribution is -0.126. The monoisotopic (exact) mass is 515 g/mol. The highest BCUT2D eigenvalue weighted by Gasteiger charge is 2.27. The third-order valence-corrected chi connectivity index (χ3v) is 6.70. The number of Topliss-reactive ketones (excluding diaryl/α,β-unsaturated/α-hetero) is 1. The van der Waals surface area contributed by atoms with Crippen LogP contribution in [-0.2, 0) is 16.1 Å². The van der Waals surface area contributed by atoms with Gasteiger partial charge in [-0.3, -0.25) is 14.4 Å². The summed E-state index contributed by atoms with van der Waals surface area (Å²) in [6.07, 6.45) is 2.47. The molecule has 3 aromatic rings. The Morgan fingerprint density at radius 1 is 0.974 bits per heavy atom. The quantitative estimate of drug-likeness (QED) is 0.360. The minimum Gasteiger partial charge on any atom is -0.347 e. The van der Waals surface area contributed by atoms with Gasteiger partial charge in [-0.05, 0) is 86.7 Å². The number of carbonyl (C=O) groups is 2. The van der Waals surface area contributed by atoms with Crippen LogP contribution in [0.4, 0.5) is 0 Å². The van der Waals surface area contributed by atoms with Crippen molar-refractivity contribution in [1.29, 1.82) is 0 Å². The molecule has 0 bridgehead atoms. The summed E-state index contributed by atoms with van der Waals surface area (Å²) < 4.78 is 1.55. The molecule has 1 N–H and O–H groups in total. The standard InChI is InChI=1S/C32H41N3O3/c1-21(2)16-29(35-20-25(19-34(6)7)14-15-30(35)37)32(38)33-28(17-24(5)36)26-12-9-13-27(18-26)31-22(3)10-8-11-23(31)4/h8-15,18,20-21,28-29H,16-17,19H2,1-7H3,(H,33,38)/t28-,29?/m0/s1. The summed E-state index contributed by atoms with van der Waals surface area (Å²) in [6.45, 7) is 10.4. The zero-order valence-corrected chi connectivity index (χ0v) is 23.7. The molecule has 1 heterocycles. The number of hydrogen-bond acceptors (Lipinski definition) is 4.